The van der Waals surface area contributed by atoms with Crippen molar-refractivity contribution in [1.29, 1.82) is 0 Å². The maximum absolute atomic E-state index is 10.3. The molecule has 1 N–H and O–H groups in total. The lowest BCUT2D eigenvalue weighted by molar-refractivity contribution is 0.0987. The summed E-state index contributed by atoms with van der Waals surface area (Å²) >= 11 is 5.12. The highest BCUT2D eigenvalue weighted by Gasteiger charge is 2.21. The molecule has 0 radical (unpaired) electrons. The van der Waals surface area contributed by atoms with E-state index >= 15 is 0 Å². The Hall–Kier alpha value is 0.140. The Bertz CT molecular complexity index is 285. The second kappa shape index (κ2) is 6.66. The minimum Gasteiger partial charge on any atom is -0.388 e. The zero-order chi connectivity index (χ0) is 11.3. The Labute approximate surface area is 105 Å². The summed E-state index contributed by atoms with van der Waals surface area (Å²) in [5, 5.41) is 14.3. The van der Waals surface area contributed by atoms with Crippen LogP contribution < -0.4 is 0 Å². The summed E-state index contributed by atoms with van der Waals surface area (Å²) in [4.78, 5) is 0. The molecule has 1 heterocycles. The maximum atomic E-state index is 10.3. The first-order chi connectivity index (χ1) is 7.20. The van der Waals surface area contributed by atoms with E-state index in [1.54, 1.807) is 11.3 Å². The van der Waals surface area contributed by atoms with Gasteiger partial charge in [-0.05, 0) is 33.6 Å². The van der Waals surface area contributed by atoms with Crippen LogP contribution >= 0.6 is 27.3 Å². The van der Waals surface area contributed by atoms with Crippen molar-refractivity contribution in [3.63, 3.8) is 0 Å². The number of halogens is 1. The van der Waals surface area contributed by atoms with Crippen molar-refractivity contribution < 1.29 is 5.11 Å². The molecule has 1 aromatic rings. The van der Waals surface area contributed by atoms with Crippen LogP contribution in [0.3, 0.4) is 0 Å². The lowest BCUT2D eigenvalue weighted by Crippen LogP contribution is -2.11. The van der Waals surface area contributed by atoms with Crippen molar-refractivity contribution in [3.8, 4) is 0 Å². The SMILES string of the molecule is CCCCC(CC)C(O)c1cscc1Br. The van der Waals surface area contributed by atoms with Crippen LogP contribution in [0.1, 0.15) is 51.2 Å². The summed E-state index contributed by atoms with van der Waals surface area (Å²) in [7, 11) is 0. The average Bonchev–Trinajstić information content (AvgIpc) is 2.65. The van der Waals surface area contributed by atoms with Gasteiger partial charge in [0.2, 0.25) is 0 Å². The summed E-state index contributed by atoms with van der Waals surface area (Å²) < 4.78 is 1.05. The first kappa shape index (κ1) is 13.2. The lowest BCUT2D eigenvalue weighted by atomic mass is 9.90. The number of aliphatic hydroxyl groups is 1. The molecule has 15 heavy (non-hydrogen) atoms. The monoisotopic (exact) mass is 290 g/mol. The summed E-state index contributed by atoms with van der Waals surface area (Å²) in [6, 6.07) is 0. The molecule has 0 fully saturated rings. The van der Waals surface area contributed by atoms with Crippen LogP contribution in [0.5, 0.6) is 0 Å². The second-order valence-corrected chi connectivity index (χ2v) is 5.53. The Kier molecular flexibility index (Phi) is 5.87. The summed E-state index contributed by atoms with van der Waals surface area (Å²) in [5.74, 6) is 0.399. The van der Waals surface area contributed by atoms with Gasteiger partial charge in [0.05, 0.1) is 6.10 Å². The quantitative estimate of drug-likeness (QED) is 0.801. The van der Waals surface area contributed by atoms with Gasteiger partial charge in [-0.1, -0.05) is 33.1 Å². The first-order valence-corrected chi connectivity index (χ1v) is 7.33. The van der Waals surface area contributed by atoms with Crippen molar-refractivity contribution >= 4 is 27.3 Å². The van der Waals surface area contributed by atoms with Crippen LogP contribution in [-0.2, 0) is 0 Å². The van der Waals surface area contributed by atoms with E-state index in [0.29, 0.717) is 5.92 Å². The van der Waals surface area contributed by atoms with E-state index in [1.807, 2.05) is 10.8 Å². The number of hydrogen-bond acceptors (Lipinski definition) is 2. The molecule has 0 amide bonds. The van der Waals surface area contributed by atoms with Crippen molar-refractivity contribution in [1.82, 2.24) is 0 Å². The zero-order valence-electron chi connectivity index (χ0n) is 9.37. The van der Waals surface area contributed by atoms with Gasteiger partial charge < -0.3 is 5.11 Å². The molecule has 0 bridgehead atoms. The molecule has 1 rings (SSSR count). The maximum Gasteiger partial charge on any atom is 0.0837 e. The smallest absolute Gasteiger partial charge is 0.0837 e. The molecule has 0 aliphatic rings. The fourth-order valence-corrected chi connectivity index (χ4v) is 3.37. The predicted molar refractivity (Wildman–Crippen MR) is 70.3 cm³/mol. The van der Waals surface area contributed by atoms with Gasteiger partial charge in [-0.25, -0.2) is 0 Å². The third-order valence-electron chi connectivity index (χ3n) is 2.86. The van der Waals surface area contributed by atoms with Crippen LogP contribution in [0.15, 0.2) is 15.2 Å². The summed E-state index contributed by atoms with van der Waals surface area (Å²) in [6.07, 6.45) is 4.27. The Morgan fingerprint density at radius 2 is 2.13 bits per heavy atom. The highest BCUT2D eigenvalue weighted by atomic mass is 79.9. The van der Waals surface area contributed by atoms with E-state index in [2.05, 4.69) is 29.8 Å². The molecule has 1 aromatic heterocycles. The third kappa shape index (κ3) is 3.58. The second-order valence-electron chi connectivity index (χ2n) is 3.93. The minimum absolute atomic E-state index is 0.304. The van der Waals surface area contributed by atoms with E-state index in [0.717, 1.165) is 22.9 Å². The van der Waals surface area contributed by atoms with Crippen molar-refractivity contribution in [2.24, 2.45) is 5.92 Å². The number of thiophene rings is 1. The highest BCUT2D eigenvalue weighted by Crippen LogP contribution is 2.35. The number of rotatable bonds is 6. The van der Waals surface area contributed by atoms with E-state index in [9.17, 15) is 5.11 Å². The van der Waals surface area contributed by atoms with Crippen LogP contribution in [0, 0.1) is 5.92 Å². The fourth-order valence-electron chi connectivity index (χ4n) is 1.81. The van der Waals surface area contributed by atoms with Crippen LogP contribution in [-0.4, -0.2) is 5.11 Å². The van der Waals surface area contributed by atoms with Crippen LogP contribution in [0.2, 0.25) is 0 Å². The minimum atomic E-state index is -0.304. The number of hydrogen-bond donors (Lipinski definition) is 1. The standard InChI is InChI=1S/C12H19BrOS/c1-3-5-6-9(4-2)12(14)10-7-15-8-11(10)13/h7-9,12,14H,3-6H2,1-2H3. The largest absolute Gasteiger partial charge is 0.388 e. The Morgan fingerprint density at radius 1 is 1.40 bits per heavy atom. The normalized spacial score (nSPS) is 15.2. The summed E-state index contributed by atoms with van der Waals surface area (Å²) in [5.41, 5.74) is 1.06. The Morgan fingerprint density at radius 3 is 2.60 bits per heavy atom. The fraction of sp³-hybridized carbons (Fsp3) is 0.667. The van der Waals surface area contributed by atoms with Gasteiger partial charge in [-0.3, -0.25) is 0 Å². The van der Waals surface area contributed by atoms with Gasteiger partial charge in [0.25, 0.3) is 0 Å². The van der Waals surface area contributed by atoms with E-state index in [1.165, 1.54) is 12.8 Å². The first-order valence-electron chi connectivity index (χ1n) is 5.60. The molecule has 3 heteroatoms. The number of unbranched alkanes of at least 4 members (excludes halogenated alkanes) is 1. The van der Waals surface area contributed by atoms with E-state index in [-0.39, 0.29) is 6.10 Å². The third-order valence-corrected chi connectivity index (χ3v) is 4.61. The van der Waals surface area contributed by atoms with Crippen molar-refractivity contribution in [3.05, 3.63) is 20.8 Å². The van der Waals surface area contributed by atoms with E-state index < -0.39 is 0 Å². The van der Waals surface area contributed by atoms with Crippen LogP contribution in [0.25, 0.3) is 0 Å². The predicted octanol–water partition coefficient (Wildman–Crippen LogP) is 4.76. The van der Waals surface area contributed by atoms with Gasteiger partial charge in [0, 0.05) is 15.4 Å². The van der Waals surface area contributed by atoms with Crippen molar-refractivity contribution in [2.75, 3.05) is 0 Å². The molecular weight excluding hydrogens is 272 g/mol. The van der Waals surface area contributed by atoms with Gasteiger partial charge in [0.15, 0.2) is 0 Å². The highest BCUT2D eigenvalue weighted by molar-refractivity contribution is 9.10. The molecule has 1 nitrogen and oxygen atoms in total. The number of aliphatic hydroxyl groups excluding tert-OH is 1. The average molecular weight is 291 g/mol. The molecule has 0 aliphatic carbocycles. The van der Waals surface area contributed by atoms with Gasteiger partial charge in [-0.2, -0.15) is 11.3 Å². The molecular formula is C12H19BrOS. The van der Waals surface area contributed by atoms with Gasteiger partial charge in [-0.15, -0.1) is 0 Å². The van der Waals surface area contributed by atoms with E-state index in [4.69, 9.17) is 0 Å². The topological polar surface area (TPSA) is 20.2 Å². The molecule has 0 spiro atoms. The van der Waals surface area contributed by atoms with Crippen molar-refractivity contribution in [2.45, 2.75) is 45.6 Å². The molecule has 86 valence electrons. The molecule has 2 atom stereocenters. The molecule has 0 saturated carbocycles. The zero-order valence-corrected chi connectivity index (χ0v) is 11.8. The molecule has 0 aromatic carbocycles. The van der Waals surface area contributed by atoms with Crippen LogP contribution in [0.4, 0.5) is 0 Å². The summed E-state index contributed by atoms with van der Waals surface area (Å²) in [6.45, 7) is 4.35. The molecule has 2 unspecified atom stereocenters. The lowest BCUT2D eigenvalue weighted by Gasteiger charge is -2.21. The molecule has 0 aliphatic heterocycles. The van der Waals surface area contributed by atoms with Gasteiger partial charge >= 0.3 is 0 Å². The Balaban J connectivity index is 2.64. The molecule has 0 saturated heterocycles. The van der Waals surface area contributed by atoms with Gasteiger partial charge in [0.1, 0.15) is 0 Å².